The van der Waals surface area contributed by atoms with Crippen molar-refractivity contribution in [1.82, 2.24) is 10.3 Å². The van der Waals surface area contributed by atoms with Crippen molar-refractivity contribution < 1.29 is 4.74 Å². The highest BCUT2D eigenvalue weighted by Crippen LogP contribution is 2.18. The molecule has 0 fully saturated rings. The van der Waals surface area contributed by atoms with Gasteiger partial charge >= 0.3 is 0 Å². The second-order valence-corrected chi connectivity index (χ2v) is 6.52. The number of benzene rings is 1. The van der Waals surface area contributed by atoms with E-state index in [4.69, 9.17) is 4.74 Å². The van der Waals surface area contributed by atoms with Crippen molar-refractivity contribution in [2.75, 3.05) is 13.2 Å². The molecule has 2 aromatic rings. The molecule has 0 amide bonds. The van der Waals surface area contributed by atoms with Gasteiger partial charge in [-0.3, -0.25) is 0 Å². The predicted molar refractivity (Wildman–Crippen MR) is 89.3 cm³/mol. The van der Waals surface area contributed by atoms with E-state index in [1.54, 1.807) is 11.3 Å². The van der Waals surface area contributed by atoms with Crippen LogP contribution in [-0.2, 0) is 6.42 Å². The van der Waals surface area contributed by atoms with Gasteiger partial charge in [-0.05, 0) is 38.9 Å². The normalized spacial score (nSPS) is 12.3. The minimum Gasteiger partial charge on any atom is -0.492 e. The van der Waals surface area contributed by atoms with Crippen molar-refractivity contribution in [2.45, 2.75) is 39.7 Å². The van der Waals surface area contributed by atoms with E-state index in [-0.39, 0.29) is 0 Å². The Balaban J connectivity index is 1.93. The molecule has 1 heterocycles. The molecule has 0 saturated heterocycles. The molecule has 1 aromatic heterocycles. The Morgan fingerprint density at radius 3 is 2.62 bits per heavy atom. The third-order valence-electron chi connectivity index (χ3n) is 3.37. The summed E-state index contributed by atoms with van der Waals surface area (Å²) >= 11 is 1.79. The lowest BCUT2D eigenvalue weighted by Crippen LogP contribution is -2.37. The van der Waals surface area contributed by atoms with Gasteiger partial charge in [-0.1, -0.05) is 25.1 Å². The summed E-state index contributed by atoms with van der Waals surface area (Å²) < 4.78 is 5.89. The summed E-state index contributed by atoms with van der Waals surface area (Å²) in [6, 6.07) is 10.3. The number of para-hydroxylation sites is 1. The number of hydrogen-bond acceptors (Lipinski definition) is 4. The van der Waals surface area contributed by atoms with Crippen LogP contribution in [0.1, 0.15) is 28.9 Å². The molecule has 1 aromatic carbocycles. The first kappa shape index (κ1) is 16.0. The summed E-state index contributed by atoms with van der Waals surface area (Å²) in [5.74, 6) is 0.923. The number of ether oxygens (including phenoxy) is 1. The largest absolute Gasteiger partial charge is 0.492 e. The molecule has 0 bridgehead atoms. The van der Waals surface area contributed by atoms with Crippen LogP contribution in [-0.4, -0.2) is 24.2 Å². The average molecular weight is 304 g/mol. The molecule has 1 N–H and O–H groups in total. The first-order valence-corrected chi connectivity index (χ1v) is 8.34. The number of rotatable bonds is 8. The summed E-state index contributed by atoms with van der Waals surface area (Å²) in [7, 11) is 0. The predicted octanol–water partition coefficient (Wildman–Crippen LogP) is 3.75. The summed E-state index contributed by atoms with van der Waals surface area (Å²) in [5, 5.41) is 4.75. The number of hydrogen-bond donors (Lipinski definition) is 1. The number of thiazole rings is 1. The van der Waals surface area contributed by atoms with Gasteiger partial charge in [0.1, 0.15) is 12.4 Å². The molecule has 1 atom stereocenters. The lowest BCUT2D eigenvalue weighted by Gasteiger charge is -2.18. The molecular weight excluding hydrogens is 280 g/mol. The highest BCUT2D eigenvalue weighted by Gasteiger charge is 2.13. The summed E-state index contributed by atoms with van der Waals surface area (Å²) in [6.45, 7) is 8.06. The van der Waals surface area contributed by atoms with Crippen LogP contribution in [0.4, 0.5) is 0 Å². The lowest BCUT2D eigenvalue weighted by molar-refractivity contribution is 0.263. The van der Waals surface area contributed by atoms with Gasteiger partial charge < -0.3 is 10.1 Å². The van der Waals surface area contributed by atoms with Gasteiger partial charge in [0.25, 0.3) is 0 Å². The molecule has 0 aliphatic heterocycles. The summed E-state index contributed by atoms with van der Waals surface area (Å²) in [5.41, 5.74) is 1.15. The standard InChI is InChI=1S/C17H24N2OS/c1-4-10-18-15(11-17-19-13(2)14(3)21-17)12-20-16-8-6-5-7-9-16/h5-9,15,18H,4,10-12H2,1-3H3. The van der Waals surface area contributed by atoms with Crippen LogP contribution >= 0.6 is 11.3 Å². The van der Waals surface area contributed by atoms with E-state index < -0.39 is 0 Å². The zero-order valence-electron chi connectivity index (χ0n) is 13.1. The zero-order valence-corrected chi connectivity index (χ0v) is 13.9. The van der Waals surface area contributed by atoms with Crippen molar-refractivity contribution in [2.24, 2.45) is 0 Å². The van der Waals surface area contributed by atoms with E-state index in [0.717, 1.165) is 30.8 Å². The average Bonchev–Trinajstić information content (AvgIpc) is 2.81. The maximum absolute atomic E-state index is 5.89. The van der Waals surface area contributed by atoms with E-state index in [1.807, 2.05) is 30.3 Å². The van der Waals surface area contributed by atoms with Crippen LogP contribution in [0.5, 0.6) is 5.75 Å². The zero-order chi connectivity index (χ0) is 15.1. The summed E-state index contributed by atoms with van der Waals surface area (Å²) in [6.07, 6.45) is 2.05. The van der Waals surface area contributed by atoms with Crippen molar-refractivity contribution in [3.63, 3.8) is 0 Å². The molecule has 0 radical (unpaired) electrons. The molecule has 0 aliphatic carbocycles. The van der Waals surface area contributed by atoms with Gasteiger partial charge in [-0.15, -0.1) is 11.3 Å². The number of aromatic nitrogens is 1. The Bertz CT molecular complexity index is 519. The van der Waals surface area contributed by atoms with Crippen LogP contribution in [0.25, 0.3) is 0 Å². The SMILES string of the molecule is CCCNC(COc1ccccc1)Cc1nc(C)c(C)s1. The van der Waals surface area contributed by atoms with Crippen molar-refractivity contribution >= 4 is 11.3 Å². The Morgan fingerprint density at radius 2 is 2.00 bits per heavy atom. The van der Waals surface area contributed by atoms with Gasteiger partial charge in [0.05, 0.1) is 10.7 Å². The number of nitrogens with one attached hydrogen (secondary N) is 1. The quantitative estimate of drug-likeness (QED) is 0.806. The van der Waals surface area contributed by atoms with Crippen molar-refractivity contribution in [3.8, 4) is 5.75 Å². The summed E-state index contributed by atoms with van der Waals surface area (Å²) in [4.78, 5) is 5.94. The fourth-order valence-electron chi connectivity index (χ4n) is 2.09. The third-order valence-corrected chi connectivity index (χ3v) is 4.47. The lowest BCUT2D eigenvalue weighted by atomic mass is 10.2. The Labute approximate surface area is 131 Å². The van der Waals surface area contributed by atoms with Crippen molar-refractivity contribution in [1.29, 1.82) is 0 Å². The molecule has 0 aliphatic rings. The molecule has 1 unspecified atom stereocenters. The first-order valence-electron chi connectivity index (χ1n) is 7.53. The fourth-order valence-corrected chi connectivity index (χ4v) is 3.10. The highest BCUT2D eigenvalue weighted by atomic mass is 32.1. The monoisotopic (exact) mass is 304 g/mol. The maximum Gasteiger partial charge on any atom is 0.119 e. The second-order valence-electron chi connectivity index (χ2n) is 5.23. The van der Waals surface area contributed by atoms with Gasteiger partial charge in [-0.25, -0.2) is 4.98 Å². The van der Waals surface area contributed by atoms with Gasteiger partial charge in [0, 0.05) is 17.3 Å². The molecule has 4 heteroatoms. The minimum absolute atomic E-state index is 0.301. The van der Waals surface area contributed by atoms with Gasteiger partial charge in [0.15, 0.2) is 0 Å². The molecule has 0 saturated carbocycles. The molecular formula is C17H24N2OS. The van der Waals surface area contributed by atoms with E-state index >= 15 is 0 Å². The molecule has 21 heavy (non-hydrogen) atoms. The number of aryl methyl sites for hydroxylation is 2. The van der Waals surface area contributed by atoms with E-state index in [2.05, 4.69) is 31.1 Å². The van der Waals surface area contributed by atoms with E-state index in [0.29, 0.717) is 12.6 Å². The third kappa shape index (κ3) is 5.14. The van der Waals surface area contributed by atoms with Crippen LogP contribution in [0.2, 0.25) is 0 Å². The molecule has 0 spiro atoms. The minimum atomic E-state index is 0.301. The topological polar surface area (TPSA) is 34.1 Å². The molecule has 3 nitrogen and oxygen atoms in total. The van der Waals surface area contributed by atoms with Gasteiger partial charge in [0.2, 0.25) is 0 Å². The van der Waals surface area contributed by atoms with Crippen LogP contribution in [0.3, 0.4) is 0 Å². The molecule has 2 rings (SSSR count). The van der Waals surface area contributed by atoms with E-state index in [1.165, 1.54) is 9.88 Å². The van der Waals surface area contributed by atoms with Crippen molar-refractivity contribution in [3.05, 3.63) is 45.9 Å². The highest BCUT2D eigenvalue weighted by molar-refractivity contribution is 7.11. The molecule has 114 valence electrons. The van der Waals surface area contributed by atoms with Crippen LogP contribution in [0, 0.1) is 13.8 Å². The second kappa shape index (κ2) is 8.15. The Kier molecular flexibility index (Phi) is 6.21. The first-order chi connectivity index (χ1) is 10.2. The Hall–Kier alpha value is -1.39. The Morgan fingerprint density at radius 1 is 1.24 bits per heavy atom. The van der Waals surface area contributed by atoms with Crippen LogP contribution < -0.4 is 10.1 Å². The smallest absolute Gasteiger partial charge is 0.119 e. The van der Waals surface area contributed by atoms with Gasteiger partial charge in [-0.2, -0.15) is 0 Å². The van der Waals surface area contributed by atoms with Crippen LogP contribution in [0.15, 0.2) is 30.3 Å². The fraction of sp³-hybridized carbons (Fsp3) is 0.471. The van der Waals surface area contributed by atoms with E-state index in [9.17, 15) is 0 Å². The number of nitrogens with zero attached hydrogens (tertiary/aromatic N) is 1. The maximum atomic E-state index is 5.89.